The van der Waals surface area contributed by atoms with Crippen molar-refractivity contribution < 1.29 is 21.7 Å². The van der Waals surface area contributed by atoms with Crippen LogP contribution >= 0.6 is 0 Å². The molecule has 0 saturated heterocycles. The number of furan rings is 1. The van der Waals surface area contributed by atoms with Crippen LogP contribution in [0.5, 0.6) is 0 Å². The highest BCUT2D eigenvalue weighted by Gasteiger charge is 2.18. The molecule has 1 N–H and O–H groups in total. The average Bonchev–Trinajstić information content (AvgIpc) is 3.36. The standard InChI is InChI=1S/C20H16FN3O4S/c21-16-8-3-1-7-15(16)13-29(25,26)24-17-9-4-2-6-14(17)12-19-22-20(23-28-19)18-10-5-11-27-18/h1-11,24H,12-13H2. The zero-order valence-corrected chi connectivity index (χ0v) is 15.9. The van der Waals surface area contributed by atoms with E-state index >= 15 is 0 Å². The molecule has 2 heterocycles. The summed E-state index contributed by atoms with van der Waals surface area (Å²) in [5.41, 5.74) is 1.10. The lowest BCUT2D eigenvalue weighted by Crippen LogP contribution is -2.17. The zero-order valence-electron chi connectivity index (χ0n) is 15.1. The van der Waals surface area contributed by atoms with Gasteiger partial charge in [0.05, 0.1) is 24.1 Å². The van der Waals surface area contributed by atoms with E-state index in [9.17, 15) is 12.8 Å². The lowest BCUT2D eigenvalue weighted by molar-refractivity contribution is 0.384. The molecule has 2 aromatic carbocycles. The molecule has 0 amide bonds. The lowest BCUT2D eigenvalue weighted by Gasteiger charge is -2.12. The molecular weight excluding hydrogens is 397 g/mol. The molecular formula is C20H16FN3O4S. The first kappa shape index (κ1) is 18.9. The second kappa shape index (κ2) is 7.88. The fraction of sp³-hybridized carbons (Fsp3) is 0.100. The summed E-state index contributed by atoms with van der Waals surface area (Å²) in [6.07, 6.45) is 1.72. The summed E-state index contributed by atoms with van der Waals surface area (Å²) in [4.78, 5) is 4.27. The Kier molecular flexibility index (Phi) is 5.13. The summed E-state index contributed by atoms with van der Waals surface area (Å²) in [5.74, 6) is 0.0399. The first-order chi connectivity index (χ1) is 14.0. The molecule has 0 bridgehead atoms. The highest BCUT2D eigenvalue weighted by Crippen LogP contribution is 2.23. The van der Waals surface area contributed by atoms with Crippen molar-refractivity contribution in [2.45, 2.75) is 12.2 Å². The third kappa shape index (κ3) is 4.52. The van der Waals surface area contributed by atoms with Crippen molar-refractivity contribution in [3.05, 3.63) is 89.8 Å². The van der Waals surface area contributed by atoms with E-state index in [1.54, 1.807) is 42.5 Å². The number of nitrogens with zero attached hydrogens (tertiary/aromatic N) is 2. The van der Waals surface area contributed by atoms with Crippen molar-refractivity contribution in [3.63, 3.8) is 0 Å². The van der Waals surface area contributed by atoms with Crippen molar-refractivity contribution in [2.75, 3.05) is 4.72 Å². The maximum absolute atomic E-state index is 13.8. The molecule has 0 aliphatic heterocycles. The third-order valence-corrected chi connectivity index (χ3v) is 5.36. The van der Waals surface area contributed by atoms with Gasteiger partial charge in [0.25, 0.3) is 0 Å². The Morgan fingerprint density at radius 3 is 2.48 bits per heavy atom. The molecule has 2 aromatic heterocycles. The van der Waals surface area contributed by atoms with E-state index < -0.39 is 21.6 Å². The van der Waals surface area contributed by atoms with E-state index in [2.05, 4.69) is 14.9 Å². The first-order valence-electron chi connectivity index (χ1n) is 8.68. The Morgan fingerprint density at radius 2 is 1.72 bits per heavy atom. The minimum atomic E-state index is -3.83. The van der Waals surface area contributed by atoms with Gasteiger partial charge in [-0.3, -0.25) is 4.72 Å². The number of benzene rings is 2. The molecule has 0 fully saturated rings. The molecule has 9 heteroatoms. The molecule has 0 atom stereocenters. The molecule has 0 spiro atoms. The van der Waals surface area contributed by atoms with Crippen molar-refractivity contribution in [1.82, 2.24) is 10.1 Å². The zero-order chi connectivity index (χ0) is 20.3. The summed E-state index contributed by atoms with van der Waals surface area (Å²) in [6.45, 7) is 0. The van der Waals surface area contributed by atoms with Crippen molar-refractivity contribution in [2.24, 2.45) is 0 Å². The van der Waals surface area contributed by atoms with Crippen LogP contribution in [0.4, 0.5) is 10.1 Å². The highest BCUT2D eigenvalue weighted by molar-refractivity contribution is 7.91. The molecule has 0 aliphatic rings. The molecule has 0 radical (unpaired) electrons. The molecule has 7 nitrogen and oxygen atoms in total. The minimum absolute atomic E-state index is 0.0949. The number of aromatic nitrogens is 2. The topological polar surface area (TPSA) is 98.2 Å². The second-order valence-corrected chi connectivity index (χ2v) is 8.00. The average molecular weight is 413 g/mol. The number of hydrogen-bond acceptors (Lipinski definition) is 6. The Labute approximate surface area is 166 Å². The van der Waals surface area contributed by atoms with Gasteiger partial charge in [0.2, 0.25) is 21.7 Å². The van der Waals surface area contributed by atoms with Crippen LogP contribution in [0.1, 0.15) is 17.0 Å². The van der Waals surface area contributed by atoms with Crippen LogP contribution in [-0.4, -0.2) is 18.6 Å². The van der Waals surface area contributed by atoms with Crippen LogP contribution in [0.25, 0.3) is 11.6 Å². The van der Waals surface area contributed by atoms with Crippen molar-refractivity contribution in [1.29, 1.82) is 0 Å². The number of anilines is 1. The molecule has 4 rings (SSSR count). The van der Waals surface area contributed by atoms with Gasteiger partial charge in [-0.15, -0.1) is 0 Å². The molecule has 29 heavy (non-hydrogen) atoms. The van der Waals surface area contributed by atoms with E-state index in [-0.39, 0.29) is 12.0 Å². The molecule has 0 aliphatic carbocycles. The van der Waals surface area contributed by atoms with Gasteiger partial charge in [-0.25, -0.2) is 12.8 Å². The van der Waals surface area contributed by atoms with E-state index in [4.69, 9.17) is 8.94 Å². The summed E-state index contributed by atoms with van der Waals surface area (Å²) < 4.78 is 51.9. The van der Waals surface area contributed by atoms with Crippen LogP contribution < -0.4 is 4.72 Å². The van der Waals surface area contributed by atoms with E-state index in [1.807, 2.05) is 0 Å². The fourth-order valence-electron chi connectivity index (χ4n) is 2.79. The quantitative estimate of drug-likeness (QED) is 0.492. The van der Waals surface area contributed by atoms with Crippen LogP contribution in [0.2, 0.25) is 0 Å². The number of sulfonamides is 1. The van der Waals surface area contributed by atoms with Gasteiger partial charge in [-0.1, -0.05) is 41.6 Å². The Balaban J connectivity index is 1.53. The van der Waals surface area contributed by atoms with Gasteiger partial charge in [0.1, 0.15) is 5.82 Å². The number of halogens is 1. The predicted octanol–water partition coefficient (Wildman–Crippen LogP) is 4.00. The second-order valence-electron chi connectivity index (χ2n) is 6.28. The van der Waals surface area contributed by atoms with Gasteiger partial charge >= 0.3 is 0 Å². The molecule has 4 aromatic rings. The third-order valence-electron chi connectivity index (χ3n) is 4.14. The van der Waals surface area contributed by atoms with Crippen molar-refractivity contribution >= 4 is 15.7 Å². The number of rotatable bonds is 7. The molecule has 0 unspecified atom stereocenters. The van der Waals surface area contributed by atoms with E-state index in [1.165, 1.54) is 24.5 Å². The smallest absolute Gasteiger partial charge is 0.238 e. The van der Waals surface area contributed by atoms with Gasteiger partial charge in [-0.2, -0.15) is 4.98 Å². The Hall–Kier alpha value is -3.46. The van der Waals surface area contributed by atoms with Crippen molar-refractivity contribution in [3.8, 4) is 11.6 Å². The normalized spacial score (nSPS) is 11.5. The molecule has 0 saturated carbocycles. The summed E-state index contributed by atoms with van der Waals surface area (Å²) in [5, 5.41) is 3.86. The van der Waals surface area contributed by atoms with Crippen LogP contribution in [-0.2, 0) is 22.2 Å². The SMILES string of the molecule is O=S(=O)(Cc1ccccc1F)Nc1ccccc1Cc1nc(-c2ccco2)no1. The fourth-order valence-corrected chi connectivity index (χ4v) is 4.04. The molecule has 148 valence electrons. The Bertz CT molecular complexity index is 1220. The lowest BCUT2D eigenvalue weighted by atomic mass is 10.1. The van der Waals surface area contributed by atoms with Crippen LogP contribution in [0.15, 0.2) is 75.9 Å². The van der Waals surface area contributed by atoms with Crippen LogP contribution in [0, 0.1) is 5.82 Å². The number of nitrogens with one attached hydrogen (secondary N) is 1. The minimum Gasteiger partial charge on any atom is -0.461 e. The Morgan fingerprint density at radius 1 is 0.966 bits per heavy atom. The maximum Gasteiger partial charge on any atom is 0.238 e. The monoisotopic (exact) mass is 413 g/mol. The van der Waals surface area contributed by atoms with E-state index in [0.29, 0.717) is 28.7 Å². The van der Waals surface area contributed by atoms with Crippen LogP contribution in [0.3, 0.4) is 0 Å². The summed E-state index contributed by atoms with van der Waals surface area (Å²) >= 11 is 0. The first-order valence-corrected chi connectivity index (χ1v) is 10.3. The van der Waals surface area contributed by atoms with Gasteiger partial charge < -0.3 is 8.94 Å². The summed E-state index contributed by atoms with van der Waals surface area (Å²) in [7, 11) is -3.83. The highest BCUT2D eigenvalue weighted by atomic mass is 32.2. The van der Waals surface area contributed by atoms with Gasteiger partial charge in [0, 0.05) is 5.56 Å². The van der Waals surface area contributed by atoms with Gasteiger partial charge in [-0.05, 0) is 29.8 Å². The number of para-hydroxylation sites is 1. The largest absolute Gasteiger partial charge is 0.461 e. The van der Waals surface area contributed by atoms with E-state index in [0.717, 1.165) is 0 Å². The van der Waals surface area contributed by atoms with Gasteiger partial charge in [0.15, 0.2) is 5.76 Å². The predicted molar refractivity (Wildman–Crippen MR) is 104 cm³/mol. The number of hydrogen-bond donors (Lipinski definition) is 1. The summed E-state index contributed by atoms with van der Waals surface area (Å²) in [6, 6.07) is 16.0. The maximum atomic E-state index is 13.8.